The van der Waals surface area contributed by atoms with E-state index in [2.05, 4.69) is 31.2 Å². The highest BCUT2D eigenvalue weighted by molar-refractivity contribution is 5.99. The van der Waals surface area contributed by atoms with Crippen molar-refractivity contribution in [3.05, 3.63) is 12.2 Å². The lowest BCUT2D eigenvalue weighted by molar-refractivity contribution is 0.127. The third-order valence-corrected chi connectivity index (χ3v) is 4.21. The van der Waals surface area contributed by atoms with Crippen LogP contribution < -0.4 is 0 Å². The number of allylic oxidation sites excluding steroid dienone is 2. The largest absolute Gasteiger partial charge is 0.411 e. The van der Waals surface area contributed by atoms with E-state index < -0.39 is 0 Å². The van der Waals surface area contributed by atoms with Crippen molar-refractivity contribution in [1.82, 2.24) is 0 Å². The number of nitrogens with zero attached hydrogens (tertiary/aromatic N) is 1. The van der Waals surface area contributed by atoms with E-state index in [0.717, 1.165) is 25.0 Å². The summed E-state index contributed by atoms with van der Waals surface area (Å²) in [5.74, 6) is 1.13. The second-order valence-electron chi connectivity index (χ2n) is 4.50. The molecule has 0 aromatic carbocycles. The molecule has 0 aromatic heterocycles. The maximum atomic E-state index is 9.09. The van der Waals surface area contributed by atoms with Gasteiger partial charge in [-0.15, -0.1) is 0 Å². The second-order valence-corrected chi connectivity index (χ2v) is 4.50. The average Bonchev–Trinajstić information content (AvgIpc) is 2.21. The first kappa shape index (κ1) is 9.75. The molecule has 3 unspecified atom stereocenters. The molecular formula is C12H19NO. The first-order valence-corrected chi connectivity index (χ1v) is 5.69. The van der Waals surface area contributed by atoms with Crippen LogP contribution in [0.1, 0.15) is 39.5 Å². The Kier molecular flexibility index (Phi) is 2.38. The van der Waals surface area contributed by atoms with Crippen LogP contribution >= 0.6 is 0 Å². The molecule has 2 rings (SSSR count). The highest BCUT2D eigenvalue weighted by atomic mass is 16.4. The molecule has 2 nitrogen and oxygen atoms in total. The highest BCUT2D eigenvalue weighted by Crippen LogP contribution is 2.57. The molecule has 0 spiro atoms. The van der Waals surface area contributed by atoms with Gasteiger partial charge in [-0.1, -0.05) is 31.2 Å². The van der Waals surface area contributed by atoms with Crippen molar-refractivity contribution in [2.75, 3.05) is 0 Å². The van der Waals surface area contributed by atoms with Crippen LogP contribution in [-0.4, -0.2) is 10.9 Å². The fourth-order valence-corrected chi connectivity index (χ4v) is 3.41. The van der Waals surface area contributed by atoms with Gasteiger partial charge >= 0.3 is 0 Å². The molecule has 0 radical (unpaired) electrons. The van der Waals surface area contributed by atoms with Gasteiger partial charge in [0.2, 0.25) is 0 Å². The van der Waals surface area contributed by atoms with Crippen LogP contribution in [0.5, 0.6) is 0 Å². The van der Waals surface area contributed by atoms with Crippen molar-refractivity contribution in [3.8, 4) is 0 Å². The molecule has 0 heterocycles. The number of hydrogen-bond acceptors (Lipinski definition) is 2. The summed E-state index contributed by atoms with van der Waals surface area (Å²) in [6, 6.07) is 0. The maximum absolute atomic E-state index is 9.09. The van der Waals surface area contributed by atoms with Crippen molar-refractivity contribution in [1.29, 1.82) is 0 Å². The normalized spacial score (nSPS) is 43.4. The van der Waals surface area contributed by atoms with Crippen LogP contribution in [0.15, 0.2) is 17.3 Å². The van der Waals surface area contributed by atoms with Crippen LogP contribution in [0.4, 0.5) is 0 Å². The molecule has 0 bridgehead atoms. The zero-order chi connectivity index (χ0) is 10.2. The van der Waals surface area contributed by atoms with Crippen molar-refractivity contribution >= 4 is 5.71 Å². The molecule has 1 N–H and O–H groups in total. The lowest BCUT2D eigenvalue weighted by Gasteiger charge is -2.56. The summed E-state index contributed by atoms with van der Waals surface area (Å²) in [6.07, 6.45) is 9.14. The predicted octanol–water partition coefficient (Wildman–Crippen LogP) is 3.22. The summed E-state index contributed by atoms with van der Waals surface area (Å²) in [4.78, 5) is 0. The molecule has 14 heavy (non-hydrogen) atoms. The van der Waals surface area contributed by atoms with Gasteiger partial charge in [-0.25, -0.2) is 0 Å². The number of oxime groups is 1. The predicted molar refractivity (Wildman–Crippen MR) is 57.6 cm³/mol. The highest BCUT2D eigenvalue weighted by Gasteiger charge is 2.57. The summed E-state index contributed by atoms with van der Waals surface area (Å²) in [7, 11) is 0. The Hall–Kier alpha value is -0.790. The van der Waals surface area contributed by atoms with E-state index in [-0.39, 0.29) is 5.41 Å². The topological polar surface area (TPSA) is 32.6 Å². The Bertz CT molecular complexity index is 282. The molecule has 0 aromatic rings. The van der Waals surface area contributed by atoms with Gasteiger partial charge in [0.1, 0.15) is 0 Å². The van der Waals surface area contributed by atoms with Crippen LogP contribution in [-0.2, 0) is 0 Å². The van der Waals surface area contributed by atoms with E-state index in [0.29, 0.717) is 11.8 Å². The molecule has 0 saturated heterocycles. The van der Waals surface area contributed by atoms with Gasteiger partial charge in [0.15, 0.2) is 0 Å². The zero-order valence-corrected chi connectivity index (χ0v) is 9.03. The number of hydrogen-bond donors (Lipinski definition) is 1. The van der Waals surface area contributed by atoms with E-state index >= 15 is 0 Å². The van der Waals surface area contributed by atoms with Gasteiger partial charge in [0.25, 0.3) is 0 Å². The molecule has 2 heteroatoms. The summed E-state index contributed by atoms with van der Waals surface area (Å²) < 4.78 is 0. The van der Waals surface area contributed by atoms with Gasteiger partial charge in [0, 0.05) is 11.3 Å². The zero-order valence-electron chi connectivity index (χ0n) is 9.03. The van der Waals surface area contributed by atoms with Gasteiger partial charge in [-0.05, 0) is 31.6 Å². The molecule has 1 saturated carbocycles. The summed E-state index contributed by atoms with van der Waals surface area (Å²) in [6.45, 7) is 4.39. The van der Waals surface area contributed by atoms with Crippen LogP contribution in [0.25, 0.3) is 0 Å². The number of rotatable bonds is 2. The van der Waals surface area contributed by atoms with Gasteiger partial charge in [-0.2, -0.15) is 0 Å². The fourth-order valence-electron chi connectivity index (χ4n) is 3.41. The van der Waals surface area contributed by atoms with Crippen molar-refractivity contribution in [2.45, 2.75) is 39.5 Å². The first-order valence-electron chi connectivity index (χ1n) is 5.69. The van der Waals surface area contributed by atoms with Gasteiger partial charge < -0.3 is 5.21 Å². The third kappa shape index (κ3) is 0.999. The standard InChI is InChI=1S/C12H19NO/c1-3-9-10-7-5-6-8-12(10,4-2)11(9)13-14/h5,7,9-10,14H,3-4,6,8H2,1-2H3. The minimum atomic E-state index is 0.212. The molecule has 78 valence electrons. The van der Waals surface area contributed by atoms with Crippen LogP contribution in [0, 0.1) is 17.3 Å². The summed E-state index contributed by atoms with van der Waals surface area (Å²) in [5.41, 5.74) is 1.28. The Morgan fingerprint density at radius 2 is 2.36 bits per heavy atom. The monoisotopic (exact) mass is 193 g/mol. The smallest absolute Gasteiger partial charge is 0.0675 e. The van der Waals surface area contributed by atoms with Crippen molar-refractivity contribution in [2.24, 2.45) is 22.4 Å². The SMILES string of the molecule is CCC1C(=NO)C2(CC)CCC=CC12. The molecule has 1 fully saturated rings. The molecule has 0 aliphatic heterocycles. The maximum Gasteiger partial charge on any atom is 0.0675 e. The molecule has 3 atom stereocenters. The van der Waals surface area contributed by atoms with Crippen LogP contribution in [0.3, 0.4) is 0 Å². The second kappa shape index (κ2) is 3.41. The van der Waals surface area contributed by atoms with E-state index in [9.17, 15) is 0 Å². The Morgan fingerprint density at radius 3 is 2.93 bits per heavy atom. The average molecular weight is 193 g/mol. The lowest BCUT2D eigenvalue weighted by atomic mass is 9.47. The first-order chi connectivity index (χ1) is 6.80. The Labute approximate surface area is 85.7 Å². The Balaban J connectivity index is 2.32. The van der Waals surface area contributed by atoms with Crippen molar-refractivity contribution < 1.29 is 5.21 Å². The van der Waals surface area contributed by atoms with E-state index in [1.54, 1.807) is 0 Å². The molecule has 0 amide bonds. The molecule has 2 aliphatic carbocycles. The van der Waals surface area contributed by atoms with Gasteiger partial charge in [0.05, 0.1) is 5.71 Å². The minimum Gasteiger partial charge on any atom is -0.411 e. The van der Waals surface area contributed by atoms with E-state index in [1.807, 2.05) is 0 Å². The van der Waals surface area contributed by atoms with Crippen LogP contribution in [0.2, 0.25) is 0 Å². The van der Waals surface area contributed by atoms with Crippen molar-refractivity contribution in [3.63, 3.8) is 0 Å². The Morgan fingerprint density at radius 1 is 1.57 bits per heavy atom. The van der Waals surface area contributed by atoms with Gasteiger partial charge in [-0.3, -0.25) is 0 Å². The molecular weight excluding hydrogens is 174 g/mol. The third-order valence-electron chi connectivity index (χ3n) is 4.21. The molecule has 2 aliphatic rings. The quantitative estimate of drug-likeness (QED) is 0.407. The fraction of sp³-hybridized carbons (Fsp3) is 0.750. The summed E-state index contributed by atoms with van der Waals surface area (Å²) in [5, 5.41) is 12.6. The van der Waals surface area contributed by atoms with E-state index in [4.69, 9.17) is 5.21 Å². The van der Waals surface area contributed by atoms with E-state index in [1.165, 1.54) is 6.42 Å². The summed E-state index contributed by atoms with van der Waals surface area (Å²) >= 11 is 0. The lowest BCUT2D eigenvalue weighted by Crippen LogP contribution is -2.57. The minimum absolute atomic E-state index is 0.212. The number of fused-ring (bicyclic) bond motifs is 1.